The number of allylic oxidation sites excluding steroid dienone is 2. The first-order valence-corrected chi connectivity index (χ1v) is 11.7. The normalized spacial score (nSPS) is 21.8. The Bertz CT molecular complexity index is 603. The molecule has 0 aromatic carbocycles. The minimum absolute atomic E-state index is 0.0139. The molecule has 1 rings (SSSR count). The Kier molecular flexibility index (Phi) is 12.8. The standard InChI is InChI=1S/C24H38F2O5/c1-2-3-4-11-16-24(25,26)22(29)15-14-19-18(20(27)17-21(19)28)12-9-7-5-6-8-10-13-23(30)31/h7,9,18-19,21,28H,2-6,8,10-17H2,1H3,(H,30,31)/b9-7-/t18-,19-,21-/m1/s1. The number of carboxylic acids is 1. The van der Waals surface area contributed by atoms with Gasteiger partial charge in [-0.25, -0.2) is 0 Å². The Morgan fingerprint density at radius 1 is 1.06 bits per heavy atom. The number of aliphatic hydroxyl groups is 1. The topological polar surface area (TPSA) is 91.7 Å². The molecule has 3 atom stereocenters. The van der Waals surface area contributed by atoms with Crippen LogP contribution in [0.1, 0.15) is 96.8 Å². The van der Waals surface area contributed by atoms with Crippen LogP contribution in [0.25, 0.3) is 0 Å². The largest absolute Gasteiger partial charge is 0.481 e. The van der Waals surface area contributed by atoms with Crippen molar-refractivity contribution in [2.45, 2.75) is 109 Å². The number of Topliss-reactive ketones (excluding diaryl/α,β-unsaturated/α-hetero) is 2. The van der Waals surface area contributed by atoms with Gasteiger partial charge in [0, 0.05) is 31.6 Å². The molecule has 7 heteroatoms. The number of aliphatic hydroxyl groups excluding tert-OH is 1. The van der Waals surface area contributed by atoms with E-state index in [0.717, 1.165) is 32.1 Å². The molecule has 0 aromatic heterocycles. The van der Waals surface area contributed by atoms with Gasteiger partial charge < -0.3 is 10.2 Å². The van der Waals surface area contributed by atoms with Crippen molar-refractivity contribution in [2.24, 2.45) is 11.8 Å². The van der Waals surface area contributed by atoms with Gasteiger partial charge in [-0.1, -0.05) is 44.8 Å². The number of alkyl halides is 2. The molecule has 31 heavy (non-hydrogen) atoms. The minimum Gasteiger partial charge on any atom is -0.481 e. The molecule has 178 valence electrons. The lowest BCUT2D eigenvalue weighted by molar-refractivity contribution is -0.144. The van der Waals surface area contributed by atoms with E-state index in [2.05, 4.69) is 0 Å². The van der Waals surface area contributed by atoms with Crippen LogP contribution in [-0.2, 0) is 14.4 Å². The monoisotopic (exact) mass is 444 g/mol. The lowest BCUT2D eigenvalue weighted by Crippen LogP contribution is -2.30. The molecule has 1 aliphatic carbocycles. The van der Waals surface area contributed by atoms with Crippen molar-refractivity contribution in [3.05, 3.63) is 12.2 Å². The van der Waals surface area contributed by atoms with E-state index >= 15 is 0 Å². The van der Waals surface area contributed by atoms with E-state index in [9.17, 15) is 28.3 Å². The zero-order chi connectivity index (χ0) is 23.3. The molecule has 0 aliphatic heterocycles. The van der Waals surface area contributed by atoms with E-state index in [1.54, 1.807) is 0 Å². The smallest absolute Gasteiger partial charge is 0.305 e. The number of carboxylic acid groups (broad SMARTS) is 1. The summed E-state index contributed by atoms with van der Waals surface area (Å²) in [5.41, 5.74) is 0. The number of hydrogen-bond donors (Lipinski definition) is 2. The first-order valence-electron chi connectivity index (χ1n) is 11.7. The van der Waals surface area contributed by atoms with Crippen LogP contribution < -0.4 is 0 Å². The van der Waals surface area contributed by atoms with E-state index in [1.807, 2.05) is 19.1 Å². The Morgan fingerprint density at radius 3 is 2.45 bits per heavy atom. The Labute approximate surface area is 184 Å². The van der Waals surface area contributed by atoms with Gasteiger partial charge in [0.05, 0.1) is 6.10 Å². The zero-order valence-corrected chi connectivity index (χ0v) is 18.7. The second-order valence-corrected chi connectivity index (χ2v) is 8.69. The van der Waals surface area contributed by atoms with Crippen molar-refractivity contribution in [1.82, 2.24) is 0 Å². The number of hydrogen-bond acceptors (Lipinski definition) is 4. The summed E-state index contributed by atoms with van der Waals surface area (Å²) in [6.07, 6.45) is 8.77. The van der Waals surface area contributed by atoms with Crippen molar-refractivity contribution in [3.63, 3.8) is 0 Å². The number of ketones is 2. The number of carbonyl (C=O) groups excluding carboxylic acids is 2. The summed E-state index contributed by atoms with van der Waals surface area (Å²) in [6, 6.07) is 0. The molecule has 0 aromatic rings. The molecule has 1 aliphatic rings. The third kappa shape index (κ3) is 10.5. The van der Waals surface area contributed by atoms with Gasteiger partial charge in [0.25, 0.3) is 0 Å². The van der Waals surface area contributed by atoms with Crippen LogP contribution >= 0.6 is 0 Å². The van der Waals surface area contributed by atoms with Crippen LogP contribution in [0.3, 0.4) is 0 Å². The maximum absolute atomic E-state index is 14.1. The van der Waals surface area contributed by atoms with Gasteiger partial charge >= 0.3 is 11.9 Å². The molecule has 0 heterocycles. The molecule has 1 fully saturated rings. The van der Waals surface area contributed by atoms with Crippen molar-refractivity contribution in [3.8, 4) is 0 Å². The average molecular weight is 445 g/mol. The lowest BCUT2D eigenvalue weighted by Gasteiger charge is -2.21. The van der Waals surface area contributed by atoms with E-state index in [-0.39, 0.29) is 31.5 Å². The fourth-order valence-electron chi connectivity index (χ4n) is 4.19. The number of rotatable bonds is 17. The third-order valence-corrected chi connectivity index (χ3v) is 6.11. The fraction of sp³-hybridized carbons (Fsp3) is 0.792. The van der Waals surface area contributed by atoms with Crippen molar-refractivity contribution in [1.29, 1.82) is 0 Å². The van der Waals surface area contributed by atoms with Crippen molar-refractivity contribution >= 4 is 17.5 Å². The predicted octanol–water partition coefficient (Wildman–Crippen LogP) is 5.49. The molecule has 2 N–H and O–H groups in total. The molecular weight excluding hydrogens is 406 g/mol. The fourth-order valence-corrected chi connectivity index (χ4v) is 4.19. The number of aliphatic carboxylic acids is 1. The van der Waals surface area contributed by atoms with Gasteiger partial charge in [0.2, 0.25) is 5.78 Å². The summed E-state index contributed by atoms with van der Waals surface area (Å²) in [5, 5.41) is 18.8. The lowest BCUT2D eigenvalue weighted by atomic mass is 9.86. The Balaban J connectivity index is 2.43. The number of unbranched alkanes of at least 4 members (excludes halogenated alkanes) is 6. The molecule has 0 spiro atoms. The highest BCUT2D eigenvalue weighted by Gasteiger charge is 2.43. The minimum atomic E-state index is -3.34. The summed E-state index contributed by atoms with van der Waals surface area (Å²) >= 11 is 0. The molecular formula is C24H38F2O5. The Hall–Kier alpha value is -1.63. The van der Waals surface area contributed by atoms with Crippen LogP contribution in [0.2, 0.25) is 0 Å². The number of carbonyl (C=O) groups is 3. The molecule has 5 nitrogen and oxygen atoms in total. The highest BCUT2D eigenvalue weighted by molar-refractivity contribution is 5.86. The quantitative estimate of drug-likeness (QED) is 0.229. The van der Waals surface area contributed by atoms with Gasteiger partial charge in [-0.3, -0.25) is 14.4 Å². The summed E-state index contributed by atoms with van der Waals surface area (Å²) < 4.78 is 28.2. The Morgan fingerprint density at radius 2 is 1.77 bits per heavy atom. The van der Waals surface area contributed by atoms with E-state index in [0.29, 0.717) is 25.7 Å². The highest BCUT2D eigenvalue weighted by Crippen LogP contribution is 2.36. The molecule has 1 saturated carbocycles. The van der Waals surface area contributed by atoms with E-state index < -0.39 is 42.0 Å². The zero-order valence-electron chi connectivity index (χ0n) is 18.7. The van der Waals surface area contributed by atoms with Gasteiger partial charge in [-0.15, -0.1) is 0 Å². The SMILES string of the molecule is CCCCCCC(F)(F)C(=O)CC[C@H]1[C@H](O)CC(=O)[C@@H]1C/C=C\CCCCCC(=O)O. The van der Waals surface area contributed by atoms with Crippen LogP contribution in [0.15, 0.2) is 12.2 Å². The summed E-state index contributed by atoms with van der Waals surface area (Å²) in [4.78, 5) is 34.7. The summed E-state index contributed by atoms with van der Waals surface area (Å²) in [7, 11) is 0. The third-order valence-electron chi connectivity index (χ3n) is 6.11. The molecule has 0 saturated heterocycles. The molecule has 0 bridgehead atoms. The summed E-state index contributed by atoms with van der Waals surface area (Å²) in [6.45, 7) is 1.99. The maximum Gasteiger partial charge on any atom is 0.305 e. The predicted molar refractivity (Wildman–Crippen MR) is 115 cm³/mol. The molecule has 0 radical (unpaired) electrons. The van der Waals surface area contributed by atoms with Gasteiger partial charge in [-0.2, -0.15) is 8.78 Å². The molecule has 0 unspecified atom stereocenters. The number of halogens is 2. The van der Waals surface area contributed by atoms with Crippen LogP contribution in [-0.4, -0.2) is 39.8 Å². The molecule has 0 amide bonds. The van der Waals surface area contributed by atoms with Crippen LogP contribution in [0.4, 0.5) is 8.78 Å². The van der Waals surface area contributed by atoms with Gasteiger partial charge in [0.15, 0.2) is 0 Å². The average Bonchev–Trinajstić information content (AvgIpc) is 2.97. The first kappa shape index (κ1) is 27.4. The van der Waals surface area contributed by atoms with Crippen LogP contribution in [0, 0.1) is 11.8 Å². The van der Waals surface area contributed by atoms with Crippen LogP contribution in [0.5, 0.6) is 0 Å². The van der Waals surface area contributed by atoms with Gasteiger partial charge in [0.1, 0.15) is 5.78 Å². The van der Waals surface area contributed by atoms with Crippen molar-refractivity contribution < 1.29 is 33.4 Å². The highest BCUT2D eigenvalue weighted by atomic mass is 19.3. The second-order valence-electron chi connectivity index (χ2n) is 8.69. The first-order chi connectivity index (χ1) is 14.7. The summed E-state index contributed by atoms with van der Waals surface area (Å²) in [5.74, 6) is -6.21. The second kappa shape index (κ2) is 14.4. The maximum atomic E-state index is 14.1. The van der Waals surface area contributed by atoms with Crippen molar-refractivity contribution in [2.75, 3.05) is 0 Å². The van der Waals surface area contributed by atoms with E-state index in [1.165, 1.54) is 0 Å². The van der Waals surface area contributed by atoms with E-state index in [4.69, 9.17) is 5.11 Å². The van der Waals surface area contributed by atoms with Gasteiger partial charge in [-0.05, 0) is 44.4 Å².